The third-order valence-electron chi connectivity index (χ3n) is 1.96. The van der Waals surface area contributed by atoms with Gasteiger partial charge in [-0.1, -0.05) is 20.8 Å². The Labute approximate surface area is 89.3 Å². The minimum Gasteiger partial charge on any atom is -0.452 e. The van der Waals surface area contributed by atoms with Crippen LogP contribution in [0.2, 0.25) is 0 Å². The van der Waals surface area contributed by atoms with E-state index in [2.05, 4.69) is 10.2 Å². The van der Waals surface area contributed by atoms with E-state index in [1.165, 1.54) is 7.11 Å². The Kier molecular flexibility index (Phi) is 4.90. The summed E-state index contributed by atoms with van der Waals surface area (Å²) in [6.07, 6.45) is -1.74. The second-order valence-corrected chi connectivity index (χ2v) is 4.16. The van der Waals surface area contributed by atoms with E-state index in [-0.39, 0.29) is 11.5 Å². The smallest absolute Gasteiger partial charge is 0.426 e. The molecule has 6 heteroatoms. The lowest BCUT2D eigenvalue weighted by Crippen LogP contribution is -2.44. The van der Waals surface area contributed by atoms with Gasteiger partial charge in [0.2, 0.25) is 0 Å². The highest BCUT2D eigenvalue weighted by atomic mass is 16.6. The van der Waals surface area contributed by atoms with Crippen molar-refractivity contribution in [3.8, 4) is 0 Å². The van der Waals surface area contributed by atoms with E-state index in [1.54, 1.807) is 6.92 Å². The summed E-state index contributed by atoms with van der Waals surface area (Å²) >= 11 is 0. The standard InChI is InChI=1S/C9H18N2O4/c1-6(9(2,3)4)15-8(13)11-10-7(12)14-5/h6H,1-5H3,(H,10,12)(H,11,13)/t6-/m1/s1. The minimum absolute atomic E-state index is 0.150. The molecule has 2 amide bonds. The Morgan fingerprint density at radius 1 is 1.13 bits per heavy atom. The first-order valence-corrected chi connectivity index (χ1v) is 4.58. The molecule has 0 bridgehead atoms. The van der Waals surface area contributed by atoms with Gasteiger partial charge in [0.15, 0.2) is 0 Å². The normalized spacial score (nSPS) is 12.6. The van der Waals surface area contributed by atoms with Crippen molar-refractivity contribution in [1.82, 2.24) is 10.9 Å². The summed E-state index contributed by atoms with van der Waals surface area (Å²) in [5.41, 5.74) is 3.90. The molecule has 0 saturated heterocycles. The summed E-state index contributed by atoms with van der Waals surface area (Å²) < 4.78 is 9.24. The lowest BCUT2D eigenvalue weighted by molar-refractivity contribution is 0.0411. The van der Waals surface area contributed by atoms with Crippen LogP contribution >= 0.6 is 0 Å². The molecular weight excluding hydrogens is 200 g/mol. The Hall–Kier alpha value is -1.46. The predicted molar refractivity (Wildman–Crippen MR) is 54.1 cm³/mol. The van der Waals surface area contributed by atoms with Gasteiger partial charge in [-0.2, -0.15) is 0 Å². The molecule has 15 heavy (non-hydrogen) atoms. The van der Waals surface area contributed by atoms with Crippen molar-refractivity contribution >= 4 is 12.2 Å². The number of nitrogens with one attached hydrogen (secondary N) is 2. The summed E-state index contributed by atoms with van der Waals surface area (Å²) in [4.78, 5) is 21.7. The van der Waals surface area contributed by atoms with Crippen molar-refractivity contribution in [3.05, 3.63) is 0 Å². The third kappa shape index (κ3) is 5.77. The van der Waals surface area contributed by atoms with Gasteiger partial charge in [-0.3, -0.25) is 0 Å². The van der Waals surface area contributed by atoms with Crippen LogP contribution in [0.5, 0.6) is 0 Å². The Morgan fingerprint density at radius 3 is 2.00 bits per heavy atom. The van der Waals surface area contributed by atoms with Gasteiger partial charge in [0.25, 0.3) is 0 Å². The van der Waals surface area contributed by atoms with Crippen LogP contribution in [0.1, 0.15) is 27.7 Å². The molecule has 0 unspecified atom stereocenters. The van der Waals surface area contributed by atoms with Crippen LogP contribution in [0.3, 0.4) is 0 Å². The van der Waals surface area contributed by atoms with Crippen molar-refractivity contribution in [2.75, 3.05) is 7.11 Å². The van der Waals surface area contributed by atoms with Gasteiger partial charge in [0.1, 0.15) is 6.10 Å². The average molecular weight is 218 g/mol. The zero-order valence-electron chi connectivity index (χ0n) is 9.71. The lowest BCUT2D eigenvalue weighted by Gasteiger charge is -2.26. The fourth-order valence-corrected chi connectivity index (χ4v) is 0.520. The molecule has 1 atom stereocenters. The van der Waals surface area contributed by atoms with Gasteiger partial charge in [0, 0.05) is 0 Å². The van der Waals surface area contributed by atoms with Crippen molar-refractivity contribution in [2.24, 2.45) is 5.41 Å². The monoisotopic (exact) mass is 218 g/mol. The Morgan fingerprint density at radius 2 is 1.60 bits per heavy atom. The first kappa shape index (κ1) is 13.5. The van der Waals surface area contributed by atoms with Gasteiger partial charge >= 0.3 is 12.2 Å². The number of hydrazine groups is 1. The fraction of sp³-hybridized carbons (Fsp3) is 0.778. The molecule has 0 radical (unpaired) electrons. The zero-order valence-corrected chi connectivity index (χ0v) is 9.71. The van der Waals surface area contributed by atoms with Crippen LogP contribution in [0.25, 0.3) is 0 Å². The number of carbonyl (C=O) groups excluding carboxylic acids is 2. The predicted octanol–water partition coefficient (Wildman–Crippen LogP) is 1.42. The first-order chi connectivity index (χ1) is 6.77. The van der Waals surface area contributed by atoms with Crippen molar-refractivity contribution < 1.29 is 19.1 Å². The van der Waals surface area contributed by atoms with Gasteiger partial charge in [-0.15, -0.1) is 0 Å². The van der Waals surface area contributed by atoms with E-state index >= 15 is 0 Å². The Balaban J connectivity index is 3.90. The van der Waals surface area contributed by atoms with Crippen molar-refractivity contribution in [1.29, 1.82) is 0 Å². The van der Waals surface area contributed by atoms with E-state index in [0.29, 0.717) is 0 Å². The topological polar surface area (TPSA) is 76.7 Å². The highest BCUT2D eigenvalue weighted by Crippen LogP contribution is 2.21. The number of hydrogen-bond acceptors (Lipinski definition) is 4. The molecule has 0 rings (SSSR count). The molecule has 0 aliphatic carbocycles. The van der Waals surface area contributed by atoms with E-state index in [9.17, 15) is 9.59 Å². The summed E-state index contributed by atoms with van der Waals surface area (Å²) in [5, 5.41) is 0. The number of hydrogen-bond donors (Lipinski definition) is 2. The van der Waals surface area contributed by atoms with Crippen LogP contribution in [-0.2, 0) is 9.47 Å². The quantitative estimate of drug-likeness (QED) is 0.652. The fourth-order valence-electron chi connectivity index (χ4n) is 0.520. The van der Waals surface area contributed by atoms with E-state index < -0.39 is 12.2 Å². The van der Waals surface area contributed by atoms with E-state index in [4.69, 9.17) is 4.74 Å². The molecule has 6 nitrogen and oxygen atoms in total. The number of methoxy groups -OCH3 is 1. The molecule has 0 aliphatic rings. The largest absolute Gasteiger partial charge is 0.452 e. The molecule has 0 aromatic heterocycles. The third-order valence-corrected chi connectivity index (χ3v) is 1.96. The zero-order chi connectivity index (χ0) is 12.1. The second-order valence-electron chi connectivity index (χ2n) is 4.16. The van der Waals surface area contributed by atoms with Crippen LogP contribution in [-0.4, -0.2) is 25.4 Å². The SMILES string of the molecule is COC(=O)NNC(=O)O[C@H](C)C(C)(C)C. The molecule has 2 N–H and O–H groups in total. The average Bonchev–Trinajstić information content (AvgIpc) is 2.12. The summed E-state index contributed by atoms with van der Waals surface area (Å²) in [6.45, 7) is 7.60. The van der Waals surface area contributed by atoms with Gasteiger partial charge in [-0.05, 0) is 12.3 Å². The minimum atomic E-state index is -0.754. The number of ether oxygens (including phenoxy) is 2. The number of carbonyl (C=O) groups is 2. The summed E-state index contributed by atoms with van der Waals surface area (Å²) in [6, 6.07) is 0. The van der Waals surface area contributed by atoms with Crippen molar-refractivity contribution in [2.45, 2.75) is 33.8 Å². The maximum atomic E-state index is 11.1. The highest BCUT2D eigenvalue weighted by molar-refractivity contribution is 5.73. The Bertz CT molecular complexity index is 235. The maximum absolute atomic E-state index is 11.1. The molecule has 0 fully saturated rings. The first-order valence-electron chi connectivity index (χ1n) is 4.58. The number of rotatable bonds is 1. The van der Waals surface area contributed by atoms with Crippen LogP contribution in [0.15, 0.2) is 0 Å². The maximum Gasteiger partial charge on any atom is 0.426 e. The summed E-state index contributed by atoms with van der Waals surface area (Å²) in [7, 11) is 1.19. The molecule has 0 spiro atoms. The van der Waals surface area contributed by atoms with Crippen molar-refractivity contribution in [3.63, 3.8) is 0 Å². The van der Waals surface area contributed by atoms with Gasteiger partial charge in [0.05, 0.1) is 7.11 Å². The lowest BCUT2D eigenvalue weighted by atomic mass is 9.90. The molecule has 0 saturated carbocycles. The highest BCUT2D eigenvalue weighted by Gasteiger charge is 2.23. The molecular formula is C9H18N2O4. The van der Waals surface area contributed by atoms with Crippen LogP contribution in [0.4, 0.5) is 9.59 Å². The van der Waals surface area contributed by atoms with E-state index in [1.807, 2.05) is 26.2 Å². The molecule has 88 valence electrons. The van der Waals surface area contributed by atoms with Crippen LogP contribution in [0, 0.1) is 5.41 Å². The molecule has 0 aliphatic heterocycles. The van der Waals surface area contributed by atoms with E-state index in [0.717, 1.165) is 0 Å². The summed E-state index contributed by atoms with van der Waals surface area (Å²) in [5.74, 6) is 0. The second kappa shape index (κ2) is 5.43. The molecule has 0 heterocycles. The molecule has 0 aromatic rings. The number of amides is 2. The van der Waals surface area contributed by atoms with Gasteiger partial charge < -0.3 is 9.47 Å². The van der Waals surface area contributed by atoms with Crippen LogP contribution < -0.4 is 10.9 Å². The van der Waals surface area contributed by atoms with Gasteiger partial charge in [-0.25, -0.2) is 20.4 Å². The molecule has 0 aromatic carbocycles.